The second kappa shape index (κ2) is 4.65. The Balaban J connectivity index is 2.77. The van der Waals surface area contributed by atoms with Gasteiger partial charge in [0.05, 0.1) is 21.3 Å². The highest BCUT2D eigenvalue weighted by molar-refractivity contribution is 14.1. The second-order valence-electron chi connectivity index (χ2n) is 3.40. The molecule has 2 aromatic heterocycles. The molecule has 0 bridgehead atoms. The molecule has 1 N–H and O–H groups in total. The molecule has 0 fully saturated rings. The number of rotatable bonds is 1. The minimum absolute atomic E-state index is 0.0125. The highest BCUT2D eigenvalue weighted by Crippen LogP contribution is 2.38. The fourth-order valence-corrected chi connectivity index (χ4v) is 3.06. The average Bonchev–Trinajstić information content (AvgIpc) is 2.69. The Morgan fingerprint density at radius 1 is 1.50 bits per heavy atom. The first-order valence-electron chi connectivity index (χ1n) is 4.71. The van der Waals surface area contributed by atoms with Gasteiger partial charge < -0.3 is 5.32 Å². The third-order valence-corrected chi connectivity index (χ3v) is 3.82. The summed E-state index contributed by atoms with van der Waals surface area (Å²) >= 11 is 2.58. The fraction of sp³-hybridized carbons (Fsp3) is 0.200. The Kier molecular flexibility index (Phi) is 3.49. The number of alkyl halides is 3. The van der Waals surface area contributed by atoms with Gasteiger partial charge in [0.15, 0.2) is 0 Å². The van der Waals surface area contributed by atoms with Crippen molar-refractivity contribution in [1.29, 1.82) is 0 Å². The highest BCUT2D eigenvalue weighted by Gasteiger charge is 2.34. The number of carbonyl (C=O) groups is 1. The lowest BCUT2D eigenvalue weighted by Gasteiger charge is -2.08. The van der Waals surface area contributed by atoms with E-state index in [2.05, 4.69) is 10.3 Å². The number of pyridine rings is 1. The molecule has 0 spiro atoms. The van der Waals surface area contributed by atoms with E-state index in [0.717, 1.165) is 17.4 Å². The Hall–Kier alpha value is -0.900. The van der Waals surface area contributed by atoms with Crippen molar-refractivity contribution in [2.45, 2.75) is 6.18 Å². The largest absolute Gasteiger partial charge is 0.417 e. The maximum absolute atomic E-state index is 12.9. The number of carbonyl (C=O) groups excluding carboxylic acids is 1. The molecule has 0 saturated carbocycles. The van der Waals surface area contributed by atoms with E-state index in [-0.39, 0.29) is 19.5 Å². The molecular formula is C10H6F3IN2OS. The van der Waals surface area contributed by atoms with Crippen molar-refractivity contribution < 1.29 is 18.0 Å². The molecule has 0 radical (unpaired) electrons. The van der Waals surface area contributed by atoms with Crippen LogP contribution in [0.3, 0.4) is 0 Å². The maximum atomic E-state index is 12.9. The van der Waals surface area contributed by atoms with E-state index < -0.39 is 17.6 Å². The van der Waals surface area contributed by atoms with Crippen molar-refractivity contribution >= 4 is 50.1 Å². The number of hydrogen-bond acceptors (Lipinski definition) is 3. The number of fused-ring (bicyclic) bond motifs is 1. The van der Waals surface area contributed by atoms with E-state index in [4.69, 9.17) is 0 Å². The molecule has 18 heavy (non-hydrogen) atoms. The van der Waals surface area contributed by atoms with Gasteiger partial charge in [0, 0.05) is 12.4 Å². The summed E-state index contributed by atoms with van der Waals surface area (Å²) in [7, 11) is 1.42. The molecule has 0 atom stereocenters. The van der Waals surface area contributed by atoms with Gasteiger partial charge in [-0.15, -0.1) is 11.3 Å². The van der Waals surface area contributed by atoms with Crippen molar-refractivity contribution in [1.82, 2.24) is 10.3 Å². The molecule has 2 aromatic rings. The SMILES string of the molecule is CNC(=O)c1csc2c(C(F)(F)F)cc(I)nc12. The van der Waals surface area contributed by atoms with Gasteiger partial charge in [-0.3, -0.25) is 4.79 Å². The molecule has 8 heteroatoms. The molecule has 0 aromatic carbocycles. The van der Waals surface area contributed by atoms with Gasteiger partial charge in [0.25, 0.3) is 5.91 Å². The summed E-state index contributed by atoms with van der Waals surface area (Å²) < 4.78 is 38.8. The summed E-state index contributed by atoms with van der Waals surface area (Å²) in [6.07, 6.45) is -4.45. The standard InChI is InChI=1S/C10H6F3IN2OS/c1-15-9(17)4-3-18-8-5(10(11,12)13)2-6(14)16-7(4)8/h2-3H,1H3,(H,15,17). The average molecular weight is 386 g/mol. The number of halogens is 4. The molecule has 2 rings (SSSR count). The van der Waals surface area contributed by atoms with Crippen LogP contribution in [0.25, 0.3) is 10.2 Å². The summed E-state index contributed by atoms with van der Waals surface area (Å²) in [4.78, 5) is 15.5. The normalized spacial score (nSPS) is 11.8. The van der Waals surface area contributed by atoms with Crippen LogP contribution in [0, 0.1) is 3.70 Å². The number of nitrogens with one attached hydrogen (secondary N) is 1. The van der Waals surface area contributed by atoms with Crippen molar-refractivity contribution in [2.75, 3.05) is 7.05 Å². The van der Waals surface area contributed by atoms with Crippen molar-refractivity contribution in [3.63, 3.8) is 0 Å². The minimum Gasteiger partial charge on any atom is -0.355 e. The quantitative estimate of drug-likeness (QED) is 0.604. The van der Waals surface area contributed by atoms with Crippen LogP contribution < -0.4 is 5.32 Å². The summed E-state index contributed by atoms with van der Waals surface area (Å²) in [6, 6.07) is 0.979. The topological polar surface area (TPSA) is 42.0 Å². The van der Waals surface area contributed by atoms with E-state index in [1.165, 1.54) is 12.4 Å². The molecule has 0 aliphatic rings. The number of aromatic nitrogens is 1. The number of nitrogens with zero attached hydrogens (tertiary/aromatic N) is 1. The zero-order chi connectivity index (χ0) is 13.5. The van der Waals surface area contributed by atoms with Gasteiger partial charge in [-0.1, -0.05) is 0 Å². The second-order valence-corrected chi connectivity index (χ2v) is 5.38. The molecule has 0 aliphatic heterocycles. The van der Waals surface area contributed by atoms with Gasteiger partial charge in [-0.25, -0.2) is 4.98 Å². The van der Waals surface area contributed by atoms with Crippen LogP contribution in [0.4, 0.5) is 13.2 Å². The summed E-state index contributed by atoms with van der Waals surface area (Å²) in [5, 5.41) is 3.77. The lowest BCUT2D eigenvalue weighted by atomic mass is 10.2. The first-order valence-corrected chi connectivity index (χ1v) is 6.67. The fourth-order valence-electron chi connectivity index (χ4n) is 1.48. The lowest BCUT2D eigenvalue weighted by molar-refractivity contribution is -0.136. The lowest BCUT2D eigenvalue weighted by Crippen LogP contribution is -2.17. The van der Waals surface area contributed by atoms with Crippen LogP contribution in [0.2, 0.25) is 0 Å². The van der Waals surface area contributed by atoms with Crippen LogP contribution >= 0.6 is 33.9 Å². The molecule has 0 unspecified atom stereocenters. The van der Waals surface area contributed by atoms with Crippen LogP contribution in [-0.2, 0) is 6.18 Å². The van der Waals surface area contributed by atoms with Crippen LogP contribution in [0.15, 0.2) is 11.4 Å². The number of amides is 1. The summed E-state index contributed by atoms with van der Waals surface area (Å²) in [6.45, 7) is 0. The molecule has 0 aliphatic carbocycles. The Morgan fingerprint density at radius 3 is 2.72 bits per heavy atom. The minimum atomic E-state index is -4.45. The van der Waals surface area contributed by atoms with Crippen LogP contribution in [0.5, 0.6) is 0 Å². The number of thiophene rings is 1. The van der Waals surface area contributed by atoms with E-state index in [0.29, 0.717) is 0 Å². The van der Waals surface area contributed by atoms with Gasteiger partial charge >= 0.3 is 6.18 Å². The maximum Gasteiger partial charge on any atom is 0.417 e. The highest BCUT2D eigenvalue weighted by atomic mass is 127. The summed E-state index contributed by atoms with van der Waals surface area (Å²) in [5.74, 6) is -0.441. The summed E-state index contributed by atoms with van der Waals surface area (Å²) in [5.41, 5.74) is -0.489. The molecule has 96 valence electrons. The van der Waals surface area contributed by atoms with E-state index in [1.807, 2.05) is 0 Å². The zero-order valence-corrected chi connectivity index (χ0v) is 11.9. The van der Waals surface area contributed by atoms with E-state index >= 15 is 0 Å². The van der Waals surface area contributed by atoms with Crippen molar-refractivity contribution in [3.8, 4) is 0 Å². The molecule has 2 heterocycles. The van der Waals surface area contributed by atoms with E-state index in [9.17, 15) is 18.0 Å². The first kappa shape index (κ1) is 13.5. The smallest absolute Gasteiger partial charge is 0.355 e. The predicted octanol–water partition coefficient (Wildman–Crippen LogP) is 3.28. The van der Waals surface area contributed by atoms with Crippen molar-refractivity contribution in [2.24, 2.45) is 0 Å². The third kappa shape index (κ3) is 2.30. The van der Waals surface area contributed by atoms with Gasteiger partial charge in [-0.05, 0) is 28.7 Å². The Bertz CT molecular complexity index is 623. The Morgan fingerprint density at radius 2 is 2.17 bits per heavy atom. The monoisotopic (exact) mass is 386 g/mol. The van der Waals surface area contributed by atoms with Crippen LogP contribution in [0.1, 0.15) is 15.9 Å². The zero-order valence-electron chi connectivity index (χ0n) is 8.93. The predicted molar refractivity (Wildman–Crippen MR) is 70.7 cm³/mol. The Labute approximate surface area is 118 Å². The molecule has 3 nitrogen and oxygen atoms in total. The molecule has 0 saturated heterocycles. The van der Waals surface area contributed by atoms with Crippen LogP contribution in [-0.4, -0.2) is 17.9 Å². The van der Waals surface area contributed by atoms with E-state index in [1.54, 1.807) is 22.6 Å². The third-order valence-electron chi connectivity index (χ3n) is 2.27. The van der Waals surface area contributed by atoms with Gasteiger partial charge in [0.1, 0.15) is 3.70 Å². The molecular weight excluding hydrogens is 380 g/mol. The van der Waals surface area contributed by atoms with Gasteiger partial charge in [-0.2, -0.15) is 13.2 Å². The number of hydrogen-bond donors (Lipinski definition) is 1. The van der Waals surface area contributed by atoms with Gasteiger partial charge in [0.2, 0.25) is 0 Å². The molecule has 1 amide bonds. The first-order chi connectivity index (χ1) is 8.34. The van der Waals surface area contributed by atoms with Crippen molar-refractivity contribution in [3.05, 3.63) is 26.3 Å².